The van der Waals surface area contributed by atoms with Crippen LogP contribution in [-0.4, -0.2) is 40.6 Å². The van der Waals surface area contributed by atoms with E-state index in [1.165, 1.54) is 17.1 Å². The average Bonchev–Trinajstić information content (AvgIpc) is 3.31. The molecular weight excluding hydrogens is 504 g/mol. The third kappa shape index (κ3) is 5.83. The van der Waals surface area contributed by atoms with E-state index in [1.807, 2.05) is 39.0 Å². The second kappa shape index (κ2) is 11.0. The molecule has 2 aromatic carbocycles. The van der Waals surface area contributed by atoms with Crippen molar-refractivity contribution in [2.24, 2.45) is 7.05 Å². The van der Waals surface area contributed by atoms with Gasteiger partial charge in [-0.15, -0.1) is 0 Å². The van der Waals surface area contributed by atoms with Crippen LogP contribution in [0.25, 0.3) is 11.3 Å². The summed E-state index contributed by atoms with van der Waals surface area (Å²) in [4.78, 5) is 21.5. The molecule has 4 rings (SSSR count). The van der Waals surface area contributed by atoms with Crippen molar-refractivity contribution in [3.8, 4) is 22.9 Å². The van der Waals surface area contributed by atoms with E-state index in [1.54, 1.807) is 38.2 Å². The van der Waals surface area contributed by atoms with Gasteiger partial charge < -0.3 is 10.1 Å². The number of carbonyl (C=O) groups excluding carboxylic acids is 1. The molecule has 10 nitrogen and oxygen atoms in total. The summed E-state index contributed by atoms with van der Waals surface area (Å²) in [6.07, 6.45) is 3.45. The Morgan fingerprint density at radius 2 is 1.76 bits per heavy atom. The molecule has 0 spiro atoms. The summed E-state index contributed by atoms with van der Waals surface area (Å²) >= 11 is 0. The topological polar surface area (TPSA) is 128 Å². The Bertz CT molecular complexity index is 1580. The molecule has 1 amide bonds. The molecule has 0 aliphatic carbocycles. The van der Waals surface area contributed by atoms with Crippen molar-refractivity contribution in [1.82, 2.24) is 25.1 Å². The number of hydrogen-bond donors (Lipinski definition) is 2. The smallest absolute Gasteiger partial charge is 0.267 e. The number of anilines is 1. The van der Waals surface area contributed by atoms with Gasteiger partial charge in [-0.25, -0.2) is 18.1 Å². The fourth-order valence-corrected chi connectivity index (χ4v) is 4.93. The summed E-state index contributed by atoms with van der Waals surface area (Å²) in [5, 5.41) is 6.81. The predicted molar refractivity (Wildman–Crippen MR) is 145 cm³/mol. The fourth-order valence-electron chi connectivity index (χ4n) is 4.00. The average molecular weight is 535 g/mol. The molecule has 0 aliphatic rings. The van der Waals surface area contributed by atoms with Gasteiger partial charge in [0.05, 0.1) is 11.9 Å². The van der Waals surface area contributed by atoms with Gasteiger partial charge in [0.15, 0.2) is 0 Å². The number of amides is 1. The third-order valence-electron chi connectivity index (χ3n) is 5.94. The molecule has 2 heterocycles. The van der Waals surface area contributed by atoms with Crippen molar-refractivity contribution in [2.45, 2.75) is 39.0 Å². The van der Waals surface area contributed by atoms with E-state index in [-0.39, 0.29) is 22.6 Å². The molecule has 2 aromatic heterocycles. The van der Waals surface area contributed by atoms with E-state index in [0.717, 1.165) is 23.1 Å². The van der Waals surface area contributed by atoms with E-state index < -0.39 is 10.0 Å². The first-order valence-electron chi connectivity index (χ1n) is 12.1. The van der Waals surface area contributed by atoms with Gasteiger partial charge >= 0.3 is 0 Å². The molecule has 0 saturated heterocycles. The first-order valence-corrected chi connectivity index (χ1v) is 13.6. The van der Waals surface area contributed by atoms with Crippen molar-refractivity contribution >= 4 is 21.9 Å². The van der Waals surface area contributed by atoms with E-state index in [9.17, 15) is 13.2 Å². The second-order valence-electron chi connectivity index (χ2n) is 8.92. The molecule has 4 aromatic rings. The largest absolute Gasteiger partial charge is 0.439 e. The third-order valence-corrected chi connectivity index (χ3v) is 7.22. The Labute approximate surface area is 222 Å². The Balaban J connectivity index is 1.77. The summed E-state index contributed by atoms with van der Waals surface area (Å²) in [6, 6.07) is 12.7. The van der Waals surface area contributed by atoms with Crippen molar-refractivity contribution in [1.29, 1.82) is 0 Å². The highest BCUT2D eigenvalue weighted by Crippen LogP contribution is 2.32. The molecule has 0 fully saturated rings. The lowest BCUT2D eigenvalue weighted by atomic mass is 10.00. The van der Waals surface area contributed by atoms with Crippen LogP contribution in [0.15, 0.2) is 59.8 Å². The summed E-state index contributed by atoms with van der Waals surface area (Å²) in [5.74, 6) is 0.189. The molecule has 0 aliphatic heterocycles. The van der Waals surface area contributed by atoms with Crippen LogP contribution in [0, 0.1) is 20.8 Å². The normalized spacial score (nSPS) is 11.3. The van der Waals surface area contributed by atoms with Crippen LogP contribution < -0.4 is 14.8 Å². The highest BCUT2D eigenvalue weighted by atomic mass is 32.2. The lowest BCUT2D eigenvalue weighted by Crippen LogP contribution is -2.24. The molecule has 2 N–H and O–H groups in total. The van der Waals surface area contributed by atoms with Crippen LogP contribution in [0.2, 0.25) is 0 Å². The van der Waals surface area contributed by atoms with Crippen LogP contribution in [0.3, 0.4) is 0 Å². The number of ether oxygens (including phenoxy) is 1. The minimum Gasteiger partial charge on any atom is -0.439 e. The first-order chi connectivity index (χ1) is 18.1. The van der Waals surface area contributed by atoms with Crippen LogP contribution in [0.1, 0.15) is 40.4 Å². The highest BCUT2D eigenvalue weighted by Gasteiger charge is 2.21. The first kappa shape index (κ1) is 26.8. The Kier molecular flexibility index (Phi) is 7.77. The Hall–Kier alpha value is -4.25. The molecule has 0 bridgehead atoms. The van der Waals surface area contributed by atoms with Gasteiger partial charge in [-0.05, 0) is 50.5 Å². The molecule has 0 radical (unpaired) electrons. The summed E-state index contributed by atoms with van der Waals surface area (Å²) in [5.41, 5.74) is 4.36. The molecule has 0 unspecified atom stereocenters. The lowest BCUT2D eigenvalue weighted by molar-refractivity contribution is 0.0952. The van der Waals surface area contributed by atoms with Crippen LogP contribution in [0.4, 0.5) is 5.95 Å². The number of sulfonamides is 1. The monoisotopic (exact) mass is 534 g/mol. The number of aromatic nitrogens is 4. The van der Waals surface area contributed by atoms with Crippen LogP contribution in [0.5, 0.6) is 11.6 Å². The van der Waals surface area contributed by atoms with Crippen LogP contribution in [-0.2, 0) is 17.1 Å². The van der Waals surface area contributed by atoms with Gasteiger partial charge in [-0.1, -0.05) is 31.2 Å². The van der Waals surface area contributed by atoms with E-state index >= 15 is 0 Å². The molecular formula is C27H30N6O4S. The number of hydrogen-bond acceptors (Lipinski definition) is 7. The zero-order valence-electron chi connectivity index (χ0n) is 21.9. The Morgan fingerprint density at radius 3 is 2.42 bits per heavy atom. The zero-order valence-corrected chi connectivity index (χ0v) is 22.8. The number of benzene rings is 2. The van der Waals surface area contributed by atoms with Crippen molar-refractivity contribution < 1.29 is 17.9 Å². The molecule has 11 heteroatoms. The predicted octanol–water partition coefficient (Wildman–Crippen LogP) is 4.54. The van der Waals surface area contributed by atoms with Gasteiger partial charge in [-0.2, -0.15) is 10.1 Å². The zero-order chi connectivity index (χ0) is 27.4. The summed E-state index contributed by atoms with van der Waals surface area (Å²) in [6.45, 7) is 8.24. The van der Waals surface area contributed by atoms with Gasteiger partial charge in [0.25, 0.3) is 15.9 Å². The van der Waals surface area contributed by atoms with Gasteiger partial charge in [-0.3, -0.25) is 9.48 Å². The molecule has 0 atom stereocenters. The van der Waals surface area contributed by atoms with Gasteiger partial charge in [0, 0.05) is 42.5 Å². The molecule has 198 valence electrons. The van der Waals surface area contributed by atoms with E-state index in [4.69, 9.17) is 4.74 Å². The lowest BCUT2D eigenvalue weighted by Gasteiger charge is -2.15. The SMILES string of the molecule is CCCNC(=O)c1cccc(Oc2cc(-c3c(C)cccc3C)nc(NS(=O)(=O)c3cnn(C)c3)n2)c1C. The van der Waals surface area contributed by atoms with Crippen molar-refractivity contribution in [3.05, 3.63) is 77.1 Å². The fraction of sp³-hybridized carbons (Fsp3) is 0.259. The second-order valence-corrected chi connectivity index (χ2v) is 10.6. The summed E-state index contributed by atoms with van der Waals surface area (Å²) in [7, 11) is -2.38. The maximum Gasteiger partial charge on any atom is 0.267 e. The highest BCUT2D eigenvalue weighted by molar-refractivity contribution is 7.92. The van der Waals surface area contributed by atoms with Crippen LogP contribution >= 0.6 is 0 Å². The van der Waals surface area contributed by atoms with Gasteiger partial charge in [0.1, 0.15) is 10.6 Å². The standard InChI is InChI=1S/C27H30N6O4S/c1-6-13-28-26(34)21-11-8-12-23(19(21)4)37-24-14-22(25-17(2)9-7-10-18(25)3)30-27(31-24)32-38(35,36)20-15-29-33(5)16-20/h7-12,14-16H,6,13H2,1-5H3,(H,28,34)(H,30,31,32). The van der Waals surface area contributed by atoms with E-state index in [2.05, 4.69) is 25.1 Å². The Morgan fingerprint density at radius 1 is 1.05 bits per heavy atom. The maximum absolute atomic E-state index is 13.0. The van der Waals surface area contributed by atoms with Gasteiger partial charge in [0.2, 0.25) is 11.8 Å². The quantitative estimate of drug-likeness (QED) is 0.323. The van der Waals surface area contributed by atoms with E-state index in [0.29, 0.717) is 29.1 Å². The number of nitrogens with one attached hydrogen (secondary N) is 2. The molecule has 38 heavy (non-hydrogen) atoms. The maximum atomic E-state index is 13.0. The minimum atomic E-state index is -4.00. The number of rotatable bonds is 9. The molecule has 0 saturated carbocycles. The number of aryl methyl sites for hydroxylation is 3. The number of nitrogens with zero attached hydrogens (tertiary/aromatic N) is 4. The minimum absolute atomic E-state index is 0.0230. The van der Waals surface area contributed by atoms with Crippen molar-refractivity contribution in [3.63, 3.8) is 0 Å². The number of carbonyl (C=O) groups is 1. The summed E-state index contributed by atoms with van der Waals surface area (Å²) < 4.78 is 36.0. The van der Waals surface area contributed by atoms with Crippen molar-refractivity contribution in [2.75, 3.05) is 11.3 Å².